The van der Waals surface area contributed by atoms with Gasteiger partial charge >= 0.3 is 5.97 Å². The number of hydrogen-bond acceptors (Lipinski definition) is 6. The number of carbonyl (C=O) groups excluding carboxylic acids is 4. The lowest BCUT2D eigenvalue weighted by Crippen LogP contribution is -2.54. The number of ether oxygens (including phenoxy) is 1. The standard InChI is InChI=1S/C33H39N3O7/c1-4-5-17-36(20-29(38)34-27(19-30(39)40)28(37)21-43-26-13-7-6-8-14-26)33(42)31(22(2)3)35-32(41)25-16-15-23-11-9-10-12-24(23)18-25/h6-16,18,22,27,31H,4-5,17,19-21H2,1-3H3,(H,34,38)(H,35,41)(H,39,40)/t27-,31-/m0/s1. The van der Waals surface area contributed by atoms with Gasteiger partial charge in [0.1, 0.15) is 24.4 Å². The van der Waals surface area contributed by atoms with Crippen LogP contribution in [-0.2, 0) is 19.2 Å². The van der Waals surface area contributed by atoms with Gasteiger partial charge in [-0.25, -0.2) is 0 Å². The van der Waals surface area contributed by atoms with Crippen molar-refractivity contribution >= 4 is 40.2 Å². The molecule has 43 heavy (non-hydrogen) atoms. The van der Waals surface area contributed by atoms with Crippen LogP contribution in [-0.4, -0.2) is 71.3 Å². The van der Waals surface area contributed by atoms with Crippen molar-refractivity contribution in [2.45, 2.75) is 52.1 Å². The van der Waals surface area contributed by atoms with Crippen LogP contribution in [0.2, 0.25) is 0 Å². The molecule has 10 nitrogen and oxygen atoms in total. The summed E-state index contributed by atoms with van der Waals surface area (Å²) in [6, 6.07) is 19.2. The number of unbranched alkanes of at least 4 members (excludes halogenated alkanes) is 1. The first-order valence-corrected chi connectivity index (χ1v) is 14.4. The van der Waals surface area contributed by atoms with E-state index in [1.54, 1.807) is 56.3 Å². The van der Waals surface area contributed by atoms with Crippen LogP contribution in [0.15, 0.2) is 72.8 Å². The Hall–Kier alpha value is -4.73. The van der Waals surface area contributed by atoms with E-state index in [0.717, 1.165) is 17.2 Å². The number of aliphatic carboxylic acids is 1. The van der Waals surface area contributed by atoms with Crippen molar-refractivity contribution in [2.75, 3.05) is 19.7 Å². The van der Waals surface area contributed by atoms with Crippen LogP contribution < -0.4 is 15.4 Å². The van der Waals surface area contributed by atoms with Gasteiger partial charge in [-0.2, -0.15) is 0 Å². The highest BCUT2D eigenvalue weighted by Crippen LogP contribution is 2.17. The fourth-order valence-electron chi connectivity index (χ4n) is 4.49. The number of benzene rings is 3. The fraction of sp³-hybridized carbons (Fsp3) is 0.364. The molecule has 3 aromatic carbocycles. The molecule has 3 amide bonds. The lowest BCUT2D eigenvalue weighted by Gasteiger charge is -2.30. The summed E-state index contributed by atoms with van der Waals surface area (Å²) < 4.78 is 5.44. The van der Waals surface area contributed by atoms with E-state index < -0.39 is 61.1 Å². The molecule has 0 saturated carbocycles. The molecule has 228 valence electrons. The molecule has 0 heterocycles. The zero-order chi connectivity index (χ0) is 31.4. The number of rotatable bonds is 16. The van der Waals surface area contributed by atoms with Crippen molar-refractivity contribution in [2.24, 2.45) is 5.92 Å². The number of carbonyl (C=O) groups is 5. The molecule has 0 aliphatic heterocycles. The predicted molar refractivity (Wildman–Crippen MR) is 163 cm³/mol. The molecule has 0 aromatic heterocycles. The van der Waals surface area contributed by atoms with Gasteiger partial charge in [0.05, 0.1) is 13.0 Å². The van der Waals surface area contributed by atoms with Gasteiger partial charge in [-0.3, -0.25) is 24.0 Å². The normalized spacial score (nSPS) is 12.3. The number of nitrogens with zero attached hydrogens (tertiary/aromatic N) is 1. The highest BCUT2D eigenvalue weighted by Gasteiger charge is 2.31. The smallest absolute Gasteiger partial charge is 0.305 e. The monoisotopic (exact) mass is 589 g/mol. The Morgan fingerprint density at radius 1 is 0.884 bits per heavy atom. The Kier molecular flexibility index (Phi) is 12.2. The molecule has 0 saturated heterocycles. The van der Waals surface area contributed by atoms with E-state index in [1.807, 2.05) is 37.3 Å². The summed E-state index contributed by atoms with van der Waals surface area (Å²) in [5.41, 5.74) is 0.405. The molecule has 10 heteroatoms. The van der Waals surface area contributed by atoms with Gasteiger partial charge in [-0.15, -0.1) is 0 Å². The third kappa shape index (κ3) is 9.95. The number of ketones is 1. The molecule has 0 aliphatic carbocycles. The average molecular weight is 590 g/mol. The minimum atomic E-state index is -1.34. The number of Topliss-reactive ketones (excluding diaryl/α,β-unsaturated/α-hetero) is 1. The summed E-state index contributed by atoms with van der Waals surface area (Å²) in [7, 11) is 0. The maximum atomic E-state index is 13.7. The van der Waals surface area contributed by atoms with Gasteiger partial charge in [0, 0.05) is 12.1 Å². The summed E-state index contributed by atoms with van der Waals surface area (Å²) in [5.74, 6) is -3.29. The number of amides is 3. The van der Waals surface area contributed by atoms with Crippen LogP contribution in [0.1, 0.15) is 50.4 Å². The third-order valence-electron chi connectivity index (χ3n) is 6.89. The van der Waals surface area contributed by atoms with Gasteiger partial charge in [0.2, 0.25) is 11.8 Å². The Labute approximate surface area is 251 Å². The first kappa shape index (κ1) is 32.8. The van der Waals surface area contributed by atoms with E-state index in [9.17, 15) is 29.1 Å². The van der Waals surface area contributed by atoms with Gasteiger partial charge in [-0.1, -0.05) is 75.7 Å². The SMILES string of the molecule is CCCCN(CC(=O)N[C@@H](CC(=O)O)C(=O)COc1ccccc1)C(=O)[C@@H](NC(=O)c1ccc2ccccc2c1)C(C)C. The molecule has 0 unspecified atom stereocenters. The molecule has 3 rings (SSSR count). The zero-order valence-corrected chi connectivity index (χ0v) is 24.7. The van der Waals surface area contributed by atoms with Crippen molar-refractivity contribution in [1.82, 2.24) is 15.5 Å². The van der Waals surface area contributed by atoms with Crippen LogP contribution in [0, 0.1) is 5.92 Å². The topological polar surface area (TPSA) is 142 Å². The molecule has 3 N–H and O–H groups in total. The predicted octanol–water partition coefficient (Wildman–Crippen LogP) is 3.83. The Balaban J connectivity index is 1.70. The van der Waals surface area contributed by atoms with Gasteiger partial charge in [-0.05, 0) is 47.4 Å². The number of carboxylic acids is 1. The number of fused-ring (bicyclic) bond motifs is 1. The van der Waals surface area contributed by atoms with E-state index in [2.05, 4.69) is 10.6 Å². The first-order valence-electron chi connectivity index (χ1n) is 14.4. The minimum Gasteiger partial charge on any atom is -0.486 e. The van der Waals surface area contributed by atoms with Crippen LogP contribution in [0.25, 0.3) is 10.8 Å². The second-order valence-electron chi connectivity index (χ2n) is 10.7. The Morgan fingerprint density at radius 3 is 2.21 bits per heavy atom. The van der Waals surface area contributed by atoms with E-state index in [-0.39, 0.29) is 12.5 Å². The van der Waals surface area contributed by atoms with Crippen molar-refractivity contribution < 1.29 is 33.8 Å². The average Bonchev–Trinajstić information content (AvgIpc) is 2.99. The largest absolute Gasteiger partial charge is 0.486 e. The van der Waals surface area contributed by atoms with Crippen LogP contribution in [0.4, 0.5) is 0 Å². The molecule has 0 fully saturated rings. The lowest BCUT2D eigenvalue weighted by atomic mass is 10.0. The van der Waals surface area contributed by atoms with Crippen molar-refractivity contribution in [3.63, 3.8) is 0 Å². The van der Waals surface area contributed by atoms with E-state index in [4.69, 9.17) is 4.74 Å². The second kappa shape index (κ2) is 16.1. The molecule has 0 spiro atoms. The third-order valence-corrected chi connectivity index (χ3v) is 6.89. The van der Waals surface area contributed by atoms with Crippen LogP contribution in [0.3, 0.4) is 0 Å². The lowest BCUT2D eigenvalue weighted by molar-refractivity contribution is -0.142. The Bertz CT molecular complexity index is 1420. The molecule has 3 aromatic rings. The summed E-state index contributed by atoms with van der Waals surface area (Å²) >= 11 is 0. The van der Waals surface area contributed by atoms with Crippen molar-refractivity contribution in [3.05, 3.63) is 78.4 Å². The maximum Gasteiger partial charge on any atom is 0.305 e. The quantitative estimate of drug-likeness (QED) is 0.231. The fourth-order valence-corrected chi connectivity index (χ4v) is 4.49. The van der Waals surface area contributed by atoms with Gasteiger partial charge in [0.25, 0.3) is 5.91 Å². The number of nitrogens with one attached hydrogen (secondary N) is 2. The highest BCUT2D eigenvalue weighted by atomic mass is 16.5. The highest BCUT2D eigenvalue weighted by molar-refractivity contribution is 6.01. The summed E-state index contributed by atoms with van der Waals surface area (Å²) in [5, 5.41) is 16.5. The summed E-state index contributed by atoms with van der Waals surface area (Å²) in [6.45, 7) is 4.95. The molecule has 2 atom stereocenters. The first-order chi connectivity index (χ1) is 20.6. The van der Waals surface area contributed by atoms with Gasteiger partial charge in [0.15, 0.2) is 5.78 Å². The van der Waals surface area contributed by atoms with Crippen molar-refractivity contribution in [1.29, 1.82) is 0 Å². The molecule has 0 aliphatic rings. The summed E-state index contributed by atoms with van der Waals surface area (Å²) in [4.78, 5) is 65.5. The summed E-state index contributed by atoms with van der Waals surface area (Å²) in [6.07, 6.45) is 0.713. The second-order valence-corrected chi connectivity index (χ2v) is 10.7. The minimum absolute atomic E-state index is 0.243. The number of carboxylic acid groups (broad SMARTS) is 1. The van der Waals surface area contributed by atoms with Crippen LogP contribution >= 0.6 is 0 Å². The van der Waals surface area contributed by atoms with E-state index in [0.29, 0.717) is 17.7 Å². The molecular weight excluding hydrogens is 550 g/mol. The number of para-hydroxylation sites is 1. The van der Waals surface area contributed by atoms with E-state index >= 15 is 0 Å². The molecule has 0 bridgehead atoms. The zero-order valence-electron chi connectivity index (χ0n) is 24.7. The molecule has 0 radical (unpaired) electrons. The Morgan fingerprint density at radius 2 is 1.56 bits per heavy atom. The van der Waals surface area contributed by atoms with Crippen molar-refractivity contribution in [3.8, 4) is 5.75 Å². The molecular formula is C33H39N3O7. The maximum absolute atomic E-state index is 13.7. The van der Waals surface area contributed by atoms with Crippen LogP contribution in [0.5, 0.6) is 5.75 Å². The van der Waals surface area contributed by atoms with Gasteiger partial charge < -0.3 is 25.4 Å². The van der Waals surface area contributed by atoms with E-state index in [1.165, 1.54) is 4.90 Å². The number of hydrogen-bond donors (Lipinski definition) is 3.